The molecule has 8 heteroatoms. The molecule has 28 heavy (non-hydrogen) atoms. The summed E-state index contributed by atoms with van der Waals surface area (Å²) in [4.78, 5) is 29.1. The van der Waals surface area contributed by atoms with Crippen molar-refractivity contribution >= 4 is 16.8 Å². The predicted octanol–water partition coefficient (Wildman–Crippen LogP) is 1.23. The molecule has 0 fully saturated rings. The smallest absolute Gasteiger partial charge is 0.261 e. The van der Waals surface area contributed by atoms with Crippen molar-refractivity contribution < 1.29 is 14.3 Å². The molecule has 1 aliphatic rings. The quantitative estimate of drug-likeness (QED) is 0.663. The number of hydrogen-bond acceptors (Lipinski definition) is 6. The molecule has 0 atom stereocenters. The van der Waals surface area contributed by atoms with Crippen LogP contribution in [0.25, 0.3) is 10.9 Å². The summed E-state index contributed by atoms with van der Waals surface area (Å²) in [6, 6.07) is 3.32. The van der Waals surface area contributed by atoms with E-state index in [9.17, 15) is 9.59 Å². The number of nitrogens with zero attached hydrogens (tertiary/aromatic N) is 2. The topological polar surface area (TPSA) is 94.5 Å². The van der Waals surface area contributed by atoms with Crippen LogP contribution in [0.5, 0.6) is 11.5 Å². The lowest BCUT2D eigenvalue weighted by Gasteiger charge is -2.14. The fourth-order valence-electron chi connectivity index (χ4n) is 3.19. The first-order valence-corrected chi connectivity index (χ1v) is 9.39. The number of amides is 1. The van der Waals surface area contributed by atoms with E-state index in [1.807, 2.05) is 0 Å². The molecule has 0 spiro atoms. The Balaban J connectivity index is 1.59. The summed E-state index contributed by atoms with van der Waals surface area (Å²) in [6.45, 7) is 2.84. The van der Waals surface area contributed by atoms with Gasteiger partial charge in [-0.1, -0.05) is 11.6 Å². The molecule has 1 aromatic carbocycles. The third-order valence-corrected chi connectivity index (χ3v) is 4.80. The summed E-state index contributed by atoms with van der Waals surface area (Å²) in [5.41, 5.74) is 1.64. The number of aromatic nitrogens is 2. The van der Waals surface area contributed by atoms with Crippen molar-refractivity contribution in [1.82, 2.24) is 20.2 Å². The summed E-state index contributed by atoms with van der Waals surface area (Å²) in [5, 5.41) is 6.65. The van der Waals surface area contributed by atoms with Crippen molar-refractivity contribution in [3.8, 4) is 11.5 Å². The van der Waals surface area contributed by atoms with Gasteiger partial charge >= 0.3 is 0 Å². The molecular weight excluding hydrogens is 360 g/mol. The maximum absolute atomic E-state index is 12.7. The summed E-state index contributed by atoms with van der Waals surface area (Å²) in [5.74, 6) is 1.01. The lowest BCUT2D eigenvalue weighted by molar-refractivity contribution is -0.121. The van der Waals surface area contributed by atoms with Crippen molar-refractivity contribution in [2.75, 3.05) is 33.9 Å². The van der Waals surface area contributed by atoms with Gasteiger partial charge in [0.1, 0.15) is 0 Å². The molecular formula is C20H26N4O4. The minimum Gasteiger partial charge on any atom is -0.493 e. The molecule has 1 aliphatic heterocycles. The van der Waals surface area contributed by atoms with Crippen molar-refractivity contribution in [2.45, 2.75) is 25.8 Å². The van der Waals surface area contributed by atoms with E-state index in [-0.39, 0.29) is 11.5 Å². The molecule has 2 aromatic rings. The normalized spacial score (nSPS) is 13.9. The Labute approximate surface area is 163 Å². The van der Waals surface area contributed by atoms with Crippen molar-refractivity contribution in [1.29, 1.82) is 0 Å². The minimum atomic E-state index is -0.161. The molecule has 0 aliphatic carbocycles. The van der Waals surface area contributed by atoms with Crippen LogP contribution in [0.1, 0.15) is 19.3 Å². The number of carbonyl (C=O) groups excluding carboxylic acids is 1. The number of carbonyl (C=O) groups is 1. The Morgan fingerprint density at radius 3 is 2.79 bits per heavy atom. The molecule has 3 rings (SSSR count). The maximum Gasteiger partial charge on any atom is 0.261 e. The SMILES string of the molecule is COc1cc2ncn(CCCC(=O)NCC3=CCNCC3)c(=O)c2cc1OC. The lowest BCUT2D eigenvalue weighted by Crippen LogP contribution is -2.30. The van der Waals surface area contributed by atoms with E-state index >= 15 is 0 Å². The van der Waals surface area contributed by atoms with Gasteiger partial charge < -0.3 is 20.1 Å². The molecule has 2 heterocycles. The van der Waals surface area contributed by atoms with Gasteiger partial charge in [-0.3, -0.25) is 14.2 Å². The number of nitrogens with one attached hydrogen (secondary N) is 2. The van der Waals surface area contributed by atoms with Crippen LogP contribution < -0.4 is 25.7 Å². The highest BCUT2D eigenvalue weighted by Crippen LogP contribution is 2.29. The Morgan fingerprint density at radius 1 is 1.29 bits per heavy atom. The lowest BCUT2D eigenvalue weighted by atomic mass is 10.1. The second-order valence-corrected chi connectivity index (χ2v) is 6.66. The summed E-state index contributed by atoms with van der Waals surface area (Å²) < 4.78 is 12.0. The van der Waals surface area contributed by atoms with Gasteiger partial charge in [0.15, 0.2) is 11.5 Å². The van der Waals surface area contributed by atoms with Crippen molar-refractivity contribution in [2.24, 2.45) is 0 Å². The molecule has 0 saturated carbocycles. The number of fused-ring (bicyclic) bond motifs is 1. The molecule has 1 amide bonds. The van der Waals surface area contributed by atoms with Gasteiger partial charge in [0.25, 0.3) is 5.56 Å². The van der Waals surface area contributed by atoms with E-state index in [1.165, 1.54) is 30.7 Å². The molecule has 8 nitrogen and oxygen atoms in total. The first-order valence-electron chi connectivity index (χ1n) is 9.39. The van der Waals surface area contributed by atoms with E-state index < -0.39 is 0 Å². The molecule has 150 valence electrons. The Bertz CT molecular complexity index is 936. The highest BCUT2D eigenvalue weighted by molar-refractivity contribution is 5.81. The van der Waals surface area contributed by atoms with Crippen LogP contribution in [-0.4, -0.2) is 49.3 Å². The van der Waals surface area contributed by atoms with Crippen LogP contribution in [0, 0.1) is 0 Å². The number of benzene rings is 1. The average molecular weight is 386 g/mol. The number of rotatable bonds is 8. The van der Waals surface area contributed by atoms with Crippen LogP contribution >= 0.6 is 0 Å². The van der Waals surface area contributed by atoms with E-state index in [1.54, 1.807) is 12.1 Å². The largest absolute Gasteiger partial charge is 0.493 e. The average Bonchev–Trinajstić information content (AvgIpc) is 2.73. The van der Waals surface area contributed by atoms with Crippen molar-refractivity contribution in [3.05, 3.63) is 40.5 Å². The molecule has 0 unspecified atom stereocenters. The molecule has 0 saturated heterocycles. The fourth-order valence-corrected chi connectivity index (χ4v) is 3.19. The van der Waals surface area contributed by atoms with E-state index in [2.05, 4.69) is 21.7 Å². The summed E-state index contributed by atoms with van der Waals surface area (Å²) in [7, 11) is 3.06. The predicted molar refractivity (Wildman–Crippen MR) is 107 cm³/mol. The van der Waals surface area contributed by atoms with Gasteiger partial charge in [0.05, 0.1) is 31.4 Å². The van der Waals surface area contributed by atoms with E-state index in [0.29, 0.717) is 48.3 Å². The third-order valence-electron chi connectivity index (χ3n) is 4.80. The highest BCUT2D eigenvalue weighted by atomic mass is 16.5. The molecule has 2 N–H and O–H groups in total. The van der Waals surface area contributed by atoms with Gasteiger partial charge in [0, 0.05) is 32.1 Å². The Morgan fingerprint density at radius 2 is 2.07 bits per heavy atom. The monoisotopic (exact) mass is 386 g/mol. The van der Waals surface area contributed by atoms with E-state index in [4.69, 9.17) is 9.47 Å². The van der Waals surface area contributed by atoms with Crippen LogP contribution in [0.2, 0.25) is 0 Å². The van der Waals surface area contributed by atoms with Gasteiger partial charge in [-0.2, -0.15) is 0 Å². The van der Waals surface area contributed by atoms with Crippen molar-refractivity contribution in [3.63, 3.8) is 0 Å². The van der Waals surface area contributed by atoms with E-state index in [0.717, 1.165) is 19.5 Å². The zero-order chi connectivity index (χ0) is 19.9. The number of methoxy groups -OCH3 is 2. The Kier molecular flexibility index (Phi) is 6.65. The second kappa shape index (κ2) is 9.36. The summed E-state index contributed by atoms with van der Waals surface area (Å²) in [6.07, 6.45) is 5.52. The zero-order valence-electron chi connectivity index (χ0n) is 16.3. The molecule has 1 aromatic heterocycles. The Hall–Kier alpha value is -2.87. The standard InChI is InChI=1S/C20H26N4O4/c1-27-17-10-15-16(11-18(17)28-2)23-13-24(20(15)26)9-3-4-19(25)22-12-14-5-7-21-8-6-14/h5,10-11,13,21H,3-4,6-9,12H2,1-2H3,(H,22,25). The van der Waals surface area contributed by atoms with Crippen LogP contribution in [0.3, 0.4) is 0 Å². The van der Waals surface area contributed by atoms with Crippen LogP contribution in [0.15, 0.2) is 34.9 Å². The van der Waals surface area contributed by atoms with Crippen LogP contribution in [-0.2, 0) is 11.3 Å². The van der Waals surface area contributed by atoms with Gasteiger partial charge in [-0.15, -0.1) is 0 Å². The fraction of sp³-hybridized carbons (Fsp3) is 0.450. The minimum absolute atomic E-state index is 0.00682. The maximum atomic E-state index is 12.7. The summed E-state index contributed by atoms with van der Waals surface area (Å²) >= 11 is 0. The molecule has 0 bridgehead atoms. The first-order chi connectivity index (χ1) is 13.6. The first kappa shape index (κ1) is 19.9. The second-order valence-electron chi connectivity index (χ2n) is 6.66. The van der Waals surface area contributed by atoms with Gasteiger partial charge in [0.2, 0.25) is 5.91 Å². The molecule has 0 radical (unpaired) electrons. The number of ether oxygens (including phenoxy) is 2. The highest BCUT2D eigenvalue weighted by Gasteiger charge is 2.11. The zero-order valence-corrected chi connectivity index (χ0v) is 16.3. The third kappa shape index (κ3) is 4.69. The number of hydrogen-bond donors (Lipinski definition) is 2. The number of aryl methyl sites for hydroxylation is 1. The van der Waals surface area contributed by atoms with Gasteiger partial charge in [-0.25, -0.2) is 4.98 Å². The van der Waals surface area contributed by atoms with Gasteiger partial charge in [-0.05, 0) is 25.5 Å². The van der Waals surface area contributed by atoms with Crippen LogP contribution in [0.4, 0.5) is 0 Å².